The molecule has 0 unspecified atom stereocenters. The standard InChI is InChI=1S/C7H11NO/c1-2-3-4-5-6-8-7-9/h2-5,7H,6H2,1H3,(H,8,9)/b3-2-,5-4-. The molecule has 0 atom stereocenters. The zero-order valence-corrected chi connectivity index (χ0v) is 5.50. The maximum atomic E-state index is 9.67. The first-order valence-electron chi connectivity index (χ1n) is 2.86. The van der Waals surface area contributed by atoms with Gasteiger partial charge in [0.1, 0.15) is 0 Å². The molecule has 0 aliphatic heterocycles. The number of hydrogen-bond donors (Lipinski definition) is 1. The highest BCUT2D eigenvalue weighted by atomic mass is 16.1. The normalized spacial score (nSPS) is 10.8. The third-order valence-electron chi connectivity index (χ3n) is 0.759. The average molecular weight is 125 g/mol. The van der Waals surface area contributed by atoms with Crippen molar-refractivity contribution in [2.24, 2.45) is 0 Å². The lowest BCUT2D eigenvalue weighted by Crippen LogP contribution is -2.08. The summed E-state index contributed by atoms with van der Waals surface area (Å²) in [5.74, 6) is 0. The van der Waals surface area contributed by atoms with Gasteiger partial charge in [-0.1, -0.05) is 24.3 Å². The molecule has 0 fully saturated rings. The van der Waals surface area contributed by atoms with Crippen molar-refractivity contribution in [3.8, 4) is 0 Å². The smallest absolute Gasteiger partial charge is 0.207 e. The lowest BCUT2D eigenvalue weighted by atomic mass is 10.4. The second-order valence-corrected chi connectivity index (χ2v) is 1.48. The van der Waals surface area contributed by atoms with Gasteiger partial charge in [-0.2, -0.15) is 0 Å². The fourth-order valence-corrected chi connectivity index (χ4v) is 0.374. The van der Waals surface area contributed by atoms with E-state index in [2.05, 4.69) is 5.32 Å². The summed E-state index contributed by atoms with van der Waals surface area (Å²) < 4.78 is 0. The number of carbonyl (C=O) groups is 1. The molecule has 0 saturated heterocycles. The second-order valence-electron chi connectivity index (χ2n) is 1.48. The van der Waals surface area contributed by atoms with E-state index in [0.717, 1.165) is 0 Å². The van der Waals surface area contributed by atoms with Crippen LogP contribution in [0.4, 0.5) is 0 Å². The lowest BCUT2D eigenvalue weighted by molar-refractivity contribution is -0.109. The van der Waals surface area contributed by atoms with Crippen molar-refractivity contribution in [1.82, 2.24) is 5.32 Å². The molecular formula is C7H11NO. The lowest BCUT2D eigenvalue weighted by Gasteiger charge is -1.84. The predicted octanol–water partition coefficient (Wildman–Crippen LogP) is 0.865. The summed E-state index contributed by atoms with van der Waals surface area (Å²) in [7, 11) is 0. The molecule has 1 amide bonds. The molecule has 50 valence electrons. The zero-order valence-electron chi connectivity index (χ0n) is 5.50. The summed E-state index contributed by atoms with van der Waals surface area (Å²) in [5, 5.41) is 2.51. The SMILES string of the molecule is C/C=C\C=C/CNC=O. The molecule has 0 radical (unpaired) electrons. The fourth-order valence-electron chi connectivity index (χ4n) is 0.374. The minimum absolute atomic E-state index is 0.605. The molecule has 0 rings (SSSR count). The first kappa shape index (κ1) is 7.95. The van der Waals surface area contributed by atoms with Crippen LogP contribution in [0.5, 0.6) is 0 Å². The van der Waals surface area contributed by atoms with Crippen LogP contribution < -0.4 is 5.32 Å². The van der Waals surface area contributed by atoms with E-state index in [-0.39, 0.29) is 0 Å². The average Bonchev–Trinajstić information content (AvgIpc) is 1.89. The maximum absolute atomic E-state index is 9.67. The third-order valence-corrected chi connectivity index (χ3v) is 0.759. The topological polar surface area (TPSA) is 29.1 Å². The quantitative estimate of drug-likeness (QED) is 0.337. The third kappa shape index (κ3) is 6.95. The minimum Gasteiger partial charge on any atom is -0.355 e. The monoisotopic (exact) mass is 125 g/mol. The van der Waals surface area contributed by atoms with Gasteiger partial charge in [-0.3, -0.25) is 4.79 Å². The molecule has 0 aromatic rings. The van der Waals surface area contributed by atoms with E-state index in [1.807, 2.05) is 31.2 Å². The number of carbonyl (C=O) groups excluding carboxylic acids is 1. The van der Waals surface area contributed by atoms with E-state index >= 15 is 0 Å². The Kier molecular flexibility index (Phi) is 6.14. The number of rotatable bonds is 4. The Morgan fingerprint density at radius 1 is 1.44 bits per heavy atom. The van der Waals surface area contributed by atoms with Crippen molar-refractivity contribution < 1.29 is 4.79 Å². The Bertz CT molecular complexity index is 116. The van der Waals surface area contributed by atoms with Crippen LogP contribution in [0.15, 0.2) is 24.3 Å². The molecule has 1 N–H and O–H groups in total. The summed E-state index contributed by atoms with van der Waals surface area (Å²) in [6, 6.07) is 0. The van der Waals surface area contributed by atoms with Crippen molar-refractivity contribution in [2.45, 2.75) is 6.92 Å². The highest BCUT2D eigenvalue weighted by molar-refractivity contribution is 5.46. The van der Waals surface area contributed by atoms with E-state index in [1.54, 1.807) is 0 Å². The van der Waals surface area contributed by atoms with Crippen molar-refractivity contribution in [1.29, 1.82) is 0 Å². The Morgan fingerprint density at radius 2 is 2.22 bits per heavy atom. The van der Waals surface area contributed by atoms with Gasteiger partial charge in [0.25, 0.3) is 0 Å². The van der Waals surface area contributed by atoms with Crippen molar-refractivity contribution in [2.75, 3.05) is 6.54 Å². The molecule has 0 aromatic carbocycles. The van der Waals surface area contributed by atoms with Gasteiger partial charge in [0.05, 0.1) is 0 Å². The Labute approximate surface area is 55.3 Å². The molecular weight excluding hydrogens is 114 g/mol. The molecule has 0 heterocycles. The second kappa shape index (κ2) is 6.95. The van der Waals surface area contributed by atoms with E-state index in [4.69, 9.17) is 0 Å². The Morgan fingerprint density at radius 3 is 2.78 bits per heavy atom. The van der Waals surface area contributed by atoms with Crippen LogP contribution in [0, 0.1) is 0 Å². The van der Waals surface area contributed by atoms with Crippen LogP contribution in [0.1, 0.15) is 6.92 Å². The molecule has 2 heteroatoms. The number of nitrogens with one attached hydrogen (secondary N) is 1. The molecule has 0 spiro atoms. The highest BCUT2D eigenvalue weighted by Crippen LogP contribution is 1.72. The molecule has 0 aliphatic rings. The Balaban J connectivity index is 3.14. The number of amides is 1. The molecule has 9 heavy (non-hydrogen) atoms. The van der Waals surface area contributed by atoms with Crippen LogP contribution >= 0.6 is 0 Å². The van der Waals surface area contributed by atoms with E-state index in [0.29, 0.717) is 13.0 Å². The van der Waals surface area contributed by atoms with Gasteiger partial charge in [0.15, 0.2) is 0 Å². The highest BCUT2D eigenvalue weighted by Gasteiger charge is 1.68. The van der Waals surface area contributed by atoms with Crippen molar-refractivity contribution in [3.63, 3.8) is 0 Å². The van der Waals surface area contributed by atoms with Crippen LogP contribution in [-0.2, 0) is 4.79 Å². The molecule has 0 bridgehead atoms. The first-order chi connectivity index (χ1) is 4.41. The molecule has 0 aromatic heterocycles. The summed E-state index contributed by atoms with van der Waals surface area (Å²) >= 11 is 0. The zero-order chi connectivity index (χ0) is 6.95. The predicted molar refractivity (Wildman–Crippen MR) is 38.0 cm³/mol. The Hall–Kier alpha value is -1.05. The molecule has 2 nitrogen and oxygen atoms in total. The largest absolute Gasteiger partial charge is 0.355 e. The number of hydrogen-bond acceptors (Lipinski definition) is 1. The van der Waals surface area contributed by atoms with Gasteiger partial charge in [-0.05, 0) is 6.92 Å². The first-order valence-corrected chi connectivity index (χ1v) is 2.86. The van der Waals surface area contributed by atoms with E-state index in [9.17, 15) is 4.79 Å². The summed E-state index contributed by atoms with van der Waals surface area (Å²) in [6.45, 7) is 2.55. The van der Waals surface area contributed by atoms with Crippen molar-refractivity contribution in [3.05, 3.63) is 24.3 Å². The van der Waals surface area contributed by atoms with Gasteiger partial charge < -0.3 is 5.32 Å². The number of allylic oxidation sites excluding steroid dienone is 3. The fraction of sp³-hybridized carbons (Fsp3) is 0.286. The summed E-state index contributed by atoms with van der Waals surface area (Å²) in [6.07, 6.45) is 8.27. The molecule has 0 saturated carbocycles. The van der Waals surface area contributed by atoms with Gasteiger partial charge in [-0.25, -0.2) is 0 Å². The maximum Gasteiger partial charge on any atom is 0.207 e. The van der Waals surface area contributed by atoms with Gasteiger partial charge in [0.2, 0.25) is 6.41 Å². The van der Waals surface area contributed by atoms with Crippen LogP contribution in [-0.4, -0.2) is 13.0 Å². The van der Waals surface area contributed by atoms with Gasteiger partial charge in [0, 0.05) is 6.54 Å². The van der Waals surface area contributed by atoms with E-state index < -0.39 is 0 Å². The van der Waals surface area contributed by atoms with E-state index in [1.165, 1.54) is 0 Å². The summed E-state index contributed by atoms with van der Waals surface area (Å²) in [4.78, 5) is 9.67. The van der Waals surface area contributed by atoms with Gasteiger partial charge >= 0.3 is 0 Å². The van der Waals surface area contributed by atoms with Crippen LogP contribution in [0.3, 0.4) is 0 Å². The van der Waals surface area contributed by atoms with Crippen LogP contribution in [0.2, 0.25) is 0 Å². The van der Waals surface area contributed by atoms with Crippen LogP contribution in [0.25, 0.3) is 0 Å². The molecule has 0 aliphatic carbocycles. The minimum atomic E-state index is 0.605. The summed E-state index contributed by atoms with van der Waals surface area (Å²) in [5.41, 5.74) is 0. The van der Waals surface area contributed by atoms with Crippen molar-refractivity contribution >= 4 is 6.41 Å². The van der Waals surface area contributed by atoms with Gasteiger partial charge in [-0.15, -0.1) is 0 Å².